The van der Waals surface area contributed by atoms with Crippen molar-refractivity contribution in [2.75, 3.05) is 74.0 Å². The number of aryl methyl sites for hydroxylation is 4. The van der Waals surface area contributed by atoms with Crippen LogP contribution in [0.1, 0.15) is 58.1 Å². The summed E-state index contributed by atoms with van der Waals surface area (Å²) >= 11 is 6.36. The number of aromatic nitrogens is 16. The van der Waals surface area contributed by atoms with E-state index in [1.54, 1.807) is 97.5 Å². The van der Waals surface area contributed by atoms with Crippen molar-refractivity contribution in [2.45, 2.75) is 89.7 Å². The van der Waals surface area contributed by atoms with E-state index in [0.29, 0.717) is 132 Å². The SMILES string of the molecule is C.C.C[C@@H]1COCCN1c1cc(-c2cn(C)nc2C(F)(F)F)nc(-c2ccnc3[nH]ccc23)n1.Cc1ccc(S(=O)(=O)n2ccc3c(-c4nc(-c5cn(C)nc5C(F)(F)F)cc(N5CCOC[C@H]5C)n4)ccnc32)cc1.Cc1ccc(S(=O)(=O)n2ccc3c(-c4nc(Cl)cc(N5CCOC[C@H]5C)n4)ccnc32)cc1.[CH3-].[W]. The van der Waals surface area contributed by atoms with E-state index in [-0.39, 0.29) is 105 Å². The van der Waals surface area contributed by atoms with Gasteiger partial charge in [-0.25, -0.2) is 69.6 Å². The molecule has 0 aliphatic carbocycles. The third kappa shape index (κ3) is 17.1. The minimum atomic E-state index is -4.71. The minimum absolute atomic E-state index is 0. The van der Waals surface area contributed by atoms with E-state index in [1.165, 1.54) is 67.3 Å². The number of nitrogens with zero attached hydrogens (tertiary/aromatic N) is 18. The molecule has 0 amide bonds. The normalized spacial score (nSPS) is 16.2. The molecule has 1 N–H and O–H groups in total. The molecule has 3 fully saturated rings. The van der Waals surface area contributed by atoms with E-state index in [2.05, 4.69) is 56.9 Å². The van der Waals surface area contributed by atoms with Crippen LogP contribution < -0.4 is 14.7 Å². The summed E-state index contributed by atoms with van der Waals surface area (Å²) in [6, 6.07) is 28.4. The van der Waals surface area contributed by atoms with Crippen LogP contribution in [0.15, 0.2) is 162 Å². The van der Waals surface area contributed by atoms with Crippen molar-refractivity contribution in [3.63, 3.8) is 0 Å². The number of anilines is 3. The maximum atomic E-state index is 14.0. The minimum Gasteiger partial charge on any atom is -0.377 e. The summed E-state index contributed by atoms with van der Waals surface area (Å²) in [6.07, 6.45) is 2.54. The van der Waals surface area contributed by atoms with Gasteiger partial charge in [0.25, 0.3) is 20.0 Å². The summed E-state index contributed by atoms with van der Waals surface area (Å²) in [5, 5.41) is 9.43. The molecule has 16 rings (SSSR count). The van der Waals surface area contributed by atoms with Crippen molar-refractivity contribution < 1.29 is 78.5 Å². The number of pyridine rings is 3. The zero-order chi connectivity index (χ0) is 75.4. The topological polar surface area (TPSA) is 283 Å². The van der Waals surface area contributed by atoms with Gasteiger partial charge in [-0.15, -0.1) is 0 Å². The van der Waals surface area contributed by atoms with Gasteiger partial charge in [0.1, 0.15) is 28.3 Å². The molecule has 0 unspecified atom stereocenters. The first-order valence-electron chi connectivity index (χ1n) is 33.7. The fraction of sp³-hybridized carbons (Fsp3) is 0.307. The Balaban J connectivity index is 0.000000176. The van der Waals surface area contributed by atoms with E-state index < -0.39 is 43.8 Å². The van der Waals surface area contributed by atoms with Crippen LogP contribution in [-0.4, -0.2) is 172 Å². The predicted octanol–water partition coefficient (Wildman–Crippen LogP) is 14.0. The third-order valence-electron chi connectivity index (χ3n) is 18.3. The molecule has 3 aliphatic rings. The molecule has 0 radical (unpaired) electrons. The third-order valence-corrected chi connectivity index (χ3v) is 21.8. The Morgan fingerprint density at radius 1 is 0.486 bits per heavy atom. The summed E-state index contributed by atoms with van der Waals surface area (Å²) in [4.78, 5) is 50.2. The van der Waals surface area contributed by atoms with Crippen LogP contribution in [0, 0.1) is 21.3 Å². The second-order valence-corrected chi connectivity index (χ2v) is 29.9. The van der Waals surface area contributed by atoms with Gasteiger partial charge in [-0.05, 0) is 95.3 Å². The van der Waals surface area contributed by atoms with E-state index in [4.69, 9.17) is 40.8 Å². The molecule has 111 heavy (non-hydrogen) atoms. The molecule has 2 aromatic carbocycles. The summed E-state index contributed by atoms with van der Waals surface area (Å²) in [5.74, 6) is 2.51. The molecule has 0 bridgehead atoms. The molecule has 14 heterocycles. The van der Waals surface area contributed by atoms with E-state index >= 15 is 0 Å². The van der Waals surface area contributed by atoms with Crippen LogP contribution >= 0.6 is 11.6 Å². The molecule has 3 saturated heterocycles. The summed E-state index contributed by atoms with van der Waals surface area (Å²) in [7, 11) is -4.93. The molecular weight excluding hydrogens is 1680 g/mol. The number of aromatic amines is 1. The van der Waals surface area contributed by atoms with Crippen molar-refractivity contribution in [3.8, 4) is 56.7 Å². The van der Waals surface area contributed by atoms with E-state index in [9.17, 15) is 43.2 Å². The number of fused-ring (bicyclic) bond motifs is 3. The summed E-state index contributed by atoms with van der Waals surface area (Å²) in [5.41, 5.74) is 2.60. The van der Waals surface area contributed by atoms with Gasteiger partial charge in [0.15, 0.2) is 40.2 Å². The van der Waals surface area contributed by atoms with Crippen molar-refractivity contribution in [1.82, 2.24) is 77.3 Å². The molecule has 26 nitrogen and oxygen atoms in total. The quantitative estimate of drug-likeness (QED) is 0.0675. The van der Waals surface area contributed by atoms with Crippen molar-refractivity contribution >= 4 is 82.2 Å². The Kier molecular flexibility index (Phi) is 25.1. The van der Waals surface area contributed by atoms with Gasteiger partial charge in [-0.1, -0.05) is 61.8 Å². The van der Waals surface area contributed by atoms with Crippen molar-refractivity contribution in [3.05, 3.63) is 188 Å². The number of alkyl halides is 6. The zero-order valence-electron chi connectivity index (χ0n) is 59.8. The van der Waals surface area contributed by atoms with Gasteiger partial charge < -0.3 is 41.3 Å². The zero-order valence-corrected chi connectivity index (χ0v) is 65.1. The molecular formula is C75H79ClF6N19O7S2W-. The largest absolute Gasteiger partial charge is 0.435 e. The summed E-state index contributed by atoms with van der Waals surface area (Å²) in [6.45, 7) is 14.6. The van der Waals surface area contributed by atoms with Crippen LogP contribution in [0.5, 0.6) is 0 Å². The van der Waals surface area contributed by atoms with Gasteiger partial charge >= 0.3 is 12.4 Å². The molecule has 36 heteroatoms. The maximum Gasteiger partial charge on any atom is 0.435 e. The van der Waals surface area contributed by atoms with Crippen LogP contribution in [0.3, 0.4) is 0 Å². The first-order valence-corrected chi connectivity index (χ1v) is 36.9. The number of morpholine rings is 3. The number of nitrogens with one attached hydrogen (secondary N) is 1. The monoisotopic (exact) mass is 1750 g/mol. The fourth-order valence-corrected chi connectivity index (χ4v) is 15.7. The molecule has 3 atom stereocenters. The standard InChI is InChI=1S/C28H26F3N7O3S.C23H22ClN5O3S.C21H20F3N7O.2CH4.CH3.W/c1-17-4-6-19(7-5-17)42(39,40)38-11-9-21-20(8-10-32-27(21)38)26-33-23(22-15-36(3)35-25(22)28(29,30)31)14-24(34-26)37-12-13-41-16-18(37)2;1-15-3-5-17(6-4-15)33(30,31)29-10-8-19-18(7-9-25-23(19)29)22-26-20(24)13-21(27-22)28-11-12-32-14-16(28)2;1-12-11-32-8-7-31(12)17-9-16(15-10-30(2)29-18(15)21(22,23)24)27-20(28-17)14-4-6-26-19-13(14)3-5-25-19;;;;/h4-11,14-15,18H,12-13,16H2,1-3H3;3-10,13,16H,11-12,14H2,1-2H3;3-6,9-10,12H,7-8,11H2,1-2H3,(H,25,26);2*1H4;1H3;/q;;;;;-1;/t18-;16-;12-;;;;/m111..../s1. The second kappa shape index (κ2) is 33.5. The fourth-order valence-electron chi connectivity index (χ4n) is 12.9. The number of rotatable bonds is 12. The molecule has 13 aromatic rings. The Labute approximate surface area is 656 Å². The Morgan fingerprint density at radius 3 is 1.24 bits per heavy atom. The number of H-pyrrole nitrogens is 1. The molecule has 584 valence electrons. The Bertz CT molecular complexity index is 5730. The van der Waals surface area contributed by atoms with Gasteiger partial charge in [-0.2, -0.15) is 36.5 Å². The van der Waals surface area contributed by atoms with Gasteiger partial charge in [0.2, 0.25) is 0 Å². The van der Waals surface area contributed by atoms with E-state index in [0.717, 1.165) is 29.8 Å². The van der Waals surface area contributed by atoms with E-state index in [1.807, 2.05) is 43.6 Å². The van der Waals surface area contributed by atoms with Crippen LogP contribution in [0.25, 0.3) is 89.8 Å². The smallest absolute Gasteiger partial charge is 0.377 e. The molecule has 11 aromatic heterocycles. The number of hydrogen-bond donors (Lipinski definition) is 1. The van der Waals surface area contributed by atoms with Gasteiger partial charge in [-0.3, -0.25) is 9.36 Å². The Morgan fingerprint density at radius 2 is 0.856 bits per heavy atom. The summed E-state index contributed by atoms with van der Waals surface area (Å²) < 4.78 is 158. The number of ether oxygens (including phenoxy) is 3. The van der Waals surface area contributed by atoms with Crippen molar-refractivity contribution in [1.29, 1.82) is 0 Å². The molecule has 0 spiro atoms. The number of hydrogen-bond acceptors (Lipinski definition) is 21. The van der Waals surface area contributed by atoms with Crippen molar-refractivity contribution in [2.24, 2.45) is 14.1 Å². The van der Waals surface area contributed by atoms with Gasteiger partial charge in [0.05, 0.1) is 90.1 Å². The average Bonchev–Trinajstić information content (AvgIpc) is 1.69. The average molecular weight is 1760 g/mol. The van der Waals surface area contributed by atoms with Crippen LogP contribution in [-0.2, 0) is 81.8 Å². The number of halogens is 7. The molecule has 3 aliphatic heterocycles. The maximum absolute atomic E-state index is 14.0. The number of benzene rings is 2. The second-order valence-electron chi connectivity index (χ2n) is 25.9. The first kappa shape index (κ1) is 83.4. The molecule has 0 saturated carbocycles. The predicted molar refractivity (Wildman–Crippen MR) is 408 cm³/mol. The Hall–Kier alpha value is -10.1. The van der Waals surface area contributed by atoms with Crippen LogP contribution in [0.2, 0.25) is 5.15 Å². The van der Waals surface area contributed by atoms with Gasteiger partial charge in [0, 0.05) is 155 Å². The first-order chi connectivity index (χ1) is 51.1. The van der Waals surface area contributed by atoms with Crippen LogP contribution in [0.4, 0.5) is 43.8 Å².